The fourth-order valence-electron chi connectivity index (χ4n) is 1.84. The molecule has 100 valence electrons. The highest BCUT2D eigenvalue weighted by molar-refractivity contribution is 6.03. The Morgan fingerprint density at radius 2 is 1.67 bits per heavy atom. The zero-order chi connectivity index (χ0) is 14.1. The van der Waals surface area contributed by atoms with Crippen molar-refractivity contribution < 1.29 is 4.79 Å². The SMILES string of the molecule is CNC(C)(C)C(=O)c1ccc(C(C)(C)C)cc1C. The van der Waals surface area contributed by atoms with Gasteiger partial charge in [0.05, 0.1) is 5.54 Å². The fourth-order valence-corrected chi connectivity index (χ4v) is 1.84. The first-order valence-corrected chi connectivity index (χ1v) is 6.44. The van der Waals surface area contributed by atoms with Crippen LogP contribution in [0.25, 0.3) is 0 Å². The highest BCUT2D eigenvalue weighted by Gasteiger charge is 2.28. The van der Waals surface area contributed by atoms with Crippen molar-refractivity contribution in [2.45, 2.75) is 52.5 Å². The van der Waals surface area contributed by atoms with Crippen LogP contribution in [0.5, 0.6) is 0 Å². The van der Waals surface area contributed by atoms with E-state index in [-0.39, 0.29) is 11.2 Å². The number of rotatable bonds is 3. The molecule has 0 aliphatic carbocycles. The molecule has 2 nitrogen and oxygen atoms in total. The van der Waals surface area contributed by atoms with Gasteiger partial charge in [-0.1, -0.05) is 39.0 Å². The first-order valence-electron chi connectivity index (χ1n) is 6.44. The van der Waals surface area contributed by atoms with Crippen molar-refractivity contribution in [1.29, 1.82) is 0 Å². The lowest BCUT2D eigenvalue weighted by molar-refractivity contribution is 0.0889. The second-order valence-electron chi connectivity index (χ2n) is 6.48. The third-order valence-corrected chi connectivity index (χ3v) is 3.53. The normalized spacial score (nSPS) is 12.6. The number of carbonyl (C=O) groups excluding carboxylic acids is 1. The van der Waals surface area contributed by atoms with E-state index in [2.05, 4.69) is 38.2 Å². The van der Waals surface area contributed by atoms with Crippen LogP contribution in [-0.2, 0) is 5.41 Å². The summed E-state index contributed by atoms with van der Waals surface area (Å²) in [5, 5.41) is 3.06. The summed E-state index contributed by atoms with van der Waals surface area (Å²) in [7, 11) is 1.82. The number of nitrogens with one attached hydrogen (secondary N) is 1. The van der Waals surface area contributed by atoms with Crippen molar-refractivity contribution in [2.24, 2.45) is 0 Å². The first kappa shape index (κ1) is 14.9. The third-order valence-electron chi connectivity index (χ3n) is 3.53. The van der Waals surface area contributed by atoms with Crippen molar-refractivity contribution in [1.82, 2.24) is 5.32 Å². The molecule has 0 fully saturated rings. The van der Waals surface area contributed by atoms with Gasteiger partial charge in [-0.3, -0.25) is 4.79 Å². The van der Waals surface area contributed by atoms with Gasteiger partial charge in [0.2, 0.25) is 0 Å². The molecule has 0 unspecified atom stereocenters. The molecule has 0 aromatic heterocycles. The van der Waals surface area contributed by atoms with E-state index in [1.165, 1.54) is 5.56 Å². The number of benzene rings is 1. The first-order chi connectivity index (χ1) is 8.09. The Labute approximate surface area is 111 Å². The van der Waals surface area contributed by atoms with Gasteiger partial charge in [-0.05, 0) is 44.4 Å². The molecule has 0 aliphatic rings. The Morgan fingerprint density at radius 3 is 2.06 bits per heavy atom. The molecular formula is C16H25NO. The van der Waals surface area contributed by atoms with Crippen LogP contribution >= 0.6 is 0 Å². The molecule has 1 aromatic carbocycles. The highest BCUT2D eigenvalue weighted by atomic mass is 16.1. The molecule has 0 saturated heterocycles. The van der Waals surface area contributed by atoms with E-state index in [1.807, 2.05) is 33.9 Å². The molecule has 1 N–H and O–H groups in total. The van der Waals surface area contributed by atoms with Crippen LogP contribution in [-0.4, -0.2) is 18.4 Å². The number of carbonyl (C=O) groups is 1. The summed E-state index contributed by atoms with van der Waals surface area (Å²) < 4.78 is 0. The van der Waals surface area contributed by atoms with Gasteiger partial charge >= 0.3 is 0 Å². The minimum Gasteiger partial charge on any atom is -0.308 e. The number of aryl methyl sites for hydroxylation is 1. The van der Waals surface area contributed by atoms with Crippen LogP contribution in [0.1, 0.15) is 56.1 Å². The molecule has 1 aromatic rings. The van der Waals surface area contributed by atoms with Crippen LogP contribution in [0.4, 0.5) is 0 Å². The predicted molar refractivity (Wildman–Crippen MR) is 77.3 cm³/mol. The number of hydrogen-bond donors (Lipinski definition) is 1. The average Bonchev–Trinajstić information content (AvgIpc) is 2.26. The van der Waals surface area contributed by atoms with Crippen LogP contribution in [0.3, 0.4) is 0 Å². The van der Waals surface area contributed by atoms with E-state index < -0.39 is 5.54 Å². The topological polar surface area (TPSA) is 29.1 Å². The minimum atomic E-state index is -0.520. The lowest BCUT2D eigenvalue weighted by Crippen LogP contribution is -2.44. The van der Waals surface area contributed by atoms with Crippen LogP contribution in [0.15, 0.2) is 18.2 Å². The second kappa shape index (κ2) is 4.85. The average molecular weight is 247 g/mol. The Bertz CT molecular complexity index is 453. The van der Waals surface area contributed by atoms with Gasteiger partial charge < -0.3 is 5.32 Å². The summed E-state index contributed by atoms with van der Waals surface area (Å²) >= 11 is 0. The monoisotopic (exact) mass is 247 g/mol. The lowest BCUT2D eigenvalue weighted by Gasteiger charge is -2.25. The Kier molecular flexibility index (Phi) is 4.02. The molecule has 0 atom stereocenters. The van der Waals surface area contributed by atoms with Gasteiger partial charge in [-0.25, -0.2) is 0 Å². The Morgan fingerprint density at radius 1 is 1.11 bits per heavy atom. The smallest absolute Gasteiger partial charge is 0.182 e. The third kappa shape index (κ3) is 2.99. The summed E-state index contributed by atoms with van der Waals surface area (Å²) in [6.07, 6.45) is 0. The quantitative estimate of drug-likeness (QED) is 0.829. The fraction of sp³-hybridized carbons (Fsp3) is 0.562. The van der Waals surface area contributed by atoms with Gasteiger partial charge in [-0.15, -0.1) is 0 Å². The number of ketones is 1. The highest BCUT2D eigenvalue weighted by Crippen LogP contribution is 2.25. The maximum absolute atomic E-state index is 12.4. The number of hydrogen-bond acceptors (Lipinski definition) is 2. The molecule has 0 amide bonds. The van der Waals surface area contributed by atoms with Crippen LogP contribution < -0.4 is 5.32 Å². The molecule has 0 heterocycles. The molecule has 0 saturated carbocycles. The van der Waals surface area contributed by atoms with E-state index >= 15 is 0 Å². The van der Waals surface area contributed by atoms with Crippen LogP contribution in [0, 0.1) is 6.92 Å². The Balaban J connectivity index is 3.19. The van der Waals surface area contributed by atoms with Crippen molar-refractivity contribution in [3.05, 3.63) is 34.9 Å². The number of Topliss-reactive ketones (excluding diaryl/α,β-unsaturated/α-hetero) is 1. The van der Waals surface area contributed by atoms with Gasteiger partial charge in [0.15, 0.2) is 5.78 Å². The molecule has 0 aliphatic heterocycles. The van der Waals surface area contributed by atoms with Crippen molar-refractivity contribution in [2.75, 3.05) is 7.05 Å². The molecular weight excluding hydrogens is 222 g/mol. The molecule has 1 rings (SSSR count). The maximum Gasteiger partial charge on any atom is 0.182 e. The summed E-state index contributed by atoms with van der Waals surface area (Å²) in [6.45, 7) is 12.4. The summed E-state index contributed by atoms with van der Waals surface area (Å²) in [6, 6.07) is 6.14. The predicted octanol–water partition coefficient (Wildman–Crippen LogP) is 3.47. The minimum absolute atomic E-state index is 0.116. The number of likely N-dealkylation sites (N-methyl/N-ethyl adjacent to an activating group) is 1. The Hall–Kier alpha value is -1.15. The van der Waals surface area contributed by atoms with Crippen molar-refractivity contribution >= 4 is 5.78 Å². The molecule has 0 radical (unpaired) electrons. The zero-order valence-corrected chi connectivity index (χ0v) is 12.6. The lowest BCUT2D eigenvalue weighted by atomic mass is 9.83. The van der Waals surface area contributed by atoms with E-state index in [4.69, 9.17) is 0 Å². The molecule has 18 heavy (non-hydrogen) atoms. The second-order valence-corrected chi connectivity index (χ2v) is 6.48. The van der Waals surface area contributed by atoms with E-state index in [9.17, 15) is 4.79 Å². The molecule has 2 heteroatoms. The van der Waals surface area contributed by atoms with Gasteiger partial charge in [0.25, 0.3) is 0 Å². The van der Waals surface area contributed by atoms with Gasteiger partial charge in [0, 0.05) is 5.56 Å². The van der Waals surface area contributed by atoms with E-state index in [1.54, 1.807) is 0 Å². The zero-order valence-electron chi connectivity index (χ0n) is 12.6. The summed E-state index contributed by atoms with van der Waals surface area (Å²) in [4.78, 5) is 12.4. The summed E-state index contributed by atoms with van der Waals surface area (Å²) in [5.41, 5.74) is 2.72. The standard InChI is InChI=1S/C16H25NO/c1-11-10-12(15(2,3)4)8-9-13(11)14(18)16(5,6)17-7/h8-10,17H,1-7H3. The molecule has 0 spiro atoms. The van der Waals surface area contributed by atoms with Crippen molar-refractivity contribution in [3.63, 3.8) is 0 Å². The van der Waals surface area contributed by atoms with Gasteiger partial charge in [0.1, 0.15) is 0 Å². The summed E-state index contributed by atoms with van der Waals surface area (Å²) in [5.74, 6) is 0.142. The van der Waals surface area contributed by atoms with E-state index in [0.717, 1.165) is 11.1 Å². The molecule has 0 bridgehead atoms. The van der Waals surface area contributed by atoms with E-state index in [0.29, 0.717) is 0 Å². The van der Waals surface area contributed by atoms with Crippen LogP contribution in [0.2, 0.25) is 0 Å². The largest absolute Gasteiger partial charge is 0.308 e. The maximum atomic E-state index is 12.4. The van der Waals surface area contributed by atoms with Crippen molar-refractivity contribution in [3.8, 4) is 0 Å². The van der Waals surface area contributed by atoms with Gasteiger partial charge in [-0.2, -0.15) is 0 Å².